The van der Waals surface area contributed by atoms with E-state index in [0.717, 1.165) is 28.2 Å². The van der Waals surface area contributed by atoms with Crippen LogP contribution in [-0.4, -0.2) is 14.5 Å². The van der Waals surface area contributed by atoms with Gasteiger partial charge in [-0.2, -0.15) is 0 Å². The van der Waals surface area contributed by atoms with Gasteiger partial charge in [0.1, 0.15) is 5.82 Å². The lowest BCUT2D eigenvalue weighted by atomic mass is 10.1. The standard InChI is InChI=1S/C34H24N3P/c1-3-12-25(13-4-1)38(26-14-5-2-6-15-26)27-21-22-33-29(24-27)28-16-7-8-19-32(28)37(33)34-20-11-18-31(36-34)30-17-9-10-23-35-30/h1-24H. The first-order valence-electron chi connectivity index (χ1n) is 12.7. The Balaban J connectivity index is 1.44. The molecule has 180 valence electrons. The molecule has 0 bridgehead atoms. The van der Waals surface area contributed by atoms with Crippen LogP contribution in [0.4, 0.5) is 0 Å². The molecule has 0 amide bonds. The van der Waals surface area contributed by atoms with Crippen LogP contribution in [0, 0.1) is 0 Å². The Morgan fingerprint density at radius 3 is 1.87 bits per heavy atom. The van der Waals surface area contributed by atoms with Crippen LogP contribution in [0.1, 0.15) is 0 Å². The van der Waals surface area contributed by atoms with E-state index in [0.29, 0.717) is 0 Å². The second-order valence-electron chi connectivity index (χ2n) is 9.16. The molecule has 0 atom stereocenters. The Kier molecular flexibility index (Phi) is 5.77. The summed E-state index contributed by atoms with van der Waals surface area (Å²) in [6.45, 7) is 0. The maximum Gasteiger partial charge on any atom is 0.138 e. The summed E-state index contributed by atoms with van der Waals surface area (Å²) < 4.78 is 2.27. The van der Waals surface area contributed by atoms with Crippen molar-refractivity contribution in [3.8, 4) is 17.2 Å². The highest BCUT2D eigenvalue weighted by Gasteiger charge is 2.19. The summed E-state index contributed by atoms with van der Waals surface area (Å²) in [5.41, 5.74) is 4.03. The summed E-state index contributed by atoms with van der Waals surface area (Å²) in [6.07, 6.45) is 1.81. The van der Waals surface area contributed by atoms with E-state index in [4.69, 9.17) is 4.98 Å². The number of rotatable bonds is 5. The average Bonchev–Trinajstić information content (AvgIpc) is 3.33. The third-order valence-corrected chi connectivity index (χ3v) is 9.26. The van der Waals surface area contributed by atoms with Crippen LogP contribution in [0.25, 0.3) is 39.0 Å². The Morgan fingerprint density at radius 2 is 1.13 bits per heavy atom. The van der Waals surface area contributed by atoms with Crippen molar-refractivity contribution < 1.29 is 0 Å². The molecule has 0 radical (unpaired) electrons. The zero-order valence-corrected chi connectivity index (χ0v) is 21.5. The molecule has 0 unspecified atom stereocenters. The number of hydrogen-bond acceptors (Lipinski definition) is 2. The molecule has 0 saturated heterocycles. The predicted molar refractivity (Wildman–Crippen MR) is 161 cm³/mol. The lowest BCUT2D eigenvalue weighted by Gasteiger charge is -2.19. The molecule has 0 saturated carbocycles. The number of hydrogen-bond donors (Lipinski definition) is 0. The normalized spacial score (nSPS) is 11.4. The summed E-state index contributed by atoms with van der Waals surface area (Å²) >= 11 is 0. The van der Waals surface area contributed by atoms with Gasteiger partial charge in [-0.1, -0.05) is 97.1 Å². The SMILES string of the molecule is c1ccc(P(c2ccccc2)c2ccc3c(c2)c2ccccc2n3-c2cccc(-c3ccccn3)n2)cc1. The summed E-state index contributed by atoms with van der Waals surface area (Å²) in [4.78, 5) is 9.56. The van der Waals surface area contributed by atoms with E-state index < -0.39 is 7.92 Å². The van der Waals surface area contributed by atoms with Crippen molar-refractivity contribution in [2.45, 2.75) is 0 Å². The molecule has 0 spiro atoms. The van der Waals surface area contributed by atoms with Gasteiger partial charge in [0, 0.05) is 17.0 Å². The fraction of sp³-hybridized carbons (Fsp3) is 0. The van der Waals surface area contributed by atoms with Crippen molar-refractivity contribution in [1.29, 1.82) is 0 Å². The molecule has 0 aliphatic heterocycles. The van der Waals surface area contributed by atoms with E-state index in [9.17, 15) is 0 Å². The fourth-order valence-corrected chi connectivity index (χ4v) is 7.47. The van der Waals surface area contributed by atoms with Crippen LogP contribution in [0.2, 0.25) is 0 Å². The maximum atomic E-state index is 5.04. The molecular formula is C34H24N3P. The van der Waals surface area contributed by atoms with Crippen LogP contribution in [0.15, 0.2) is 146 Å². The first-order chi connectivity index (χ1) is 18.9. The highest BCUT2D eigenvalue weighted by atomic mass is 31.1. The second kappa shape index (κ2) is 9.70. The van der Waals surface area contributed by atoms with Gasteiger partial charge in [-0.05, 0) is 66.3 Å². The number of benzene rings is 4. The van der Waals surface area contributed by atoms with Crippen molar-refractivity contribution in [2.75, 3.05) is 0 Å². The molecule has 0 fully saturated rings. The van der Waals surface area contributed by atoms with E-state index in [-0.39, 0.29) is 0 Å². The van der Waals surface area contributed by atoms with Gasteiger partial charge in [0.25, 0.3) is 0 Å². The van der Waals surface area contributed by atoms with Crippen molar-refractivity contribution in [3.63, 3.8) is 0 Å². The lowest BCUT2D eigenvalue weighted by Crippen LogP contribution is -2.20. The topological polar surface area (TPSA) is 30.7 Å². The van der Waals surface area contributed by atoms with Crippen molar-refractivity contribution in [3.05, 3.63) is 146 Å². The van der Waals surface area contributed by atoms with Crippen LogP contribution < -0.4 is 15.9 Å². The smallest absolute Gasteiger partial charge is 0.138 e. The third-order valence-electron chi connectivity index (χ3n) is 6.83. The van der Waals surface area contributed by atoms with Gasteiger partial charge < -0.3 is 0 Å². The number of fused-ring (bicyclic) bond motifs is 3. The Labute approximate surface area is 222 Å². The maximum absolute atomic E-state index is 5.04. The largest absolute Gasteiger partial charge is 0.294 e. The molecular weight excluding hydrogens is 481 g/mol. The summed E-state index contributed by atoms with van der Waals surface area (Å²) in [5, 5.41) is 6.50. The fourth-order valence-electron chi connectivity index (χ4n) is 5.15. The summed E-state index contributed by atoms with van der Waals surface area (Å²) in [6, 6.07) is 49.4. The van der Waals surface area contributed by atoms with Gasteiger partial charge >= 0.3 is 0 Å². The molecule has 4 aromatic carbocycles. The van der Waals surface area contributed by atoms with Crippen molar-refractivity contribution in [1.82, 2.24) is 14.5 Å². The molecule has 3 heterocycles. The molecule has 7 rings (SSSR count). The summed E-state index contributed by atoms with van der Waals surface area (Å²) in [5.74, 6) is 0.889. The molecule has 3 aromatic heterocycles. The summed E-state index contributed by atoms with van der Waals surface area (Å²) in [7, 11) is -0.688. The monoisotopic (exact) mass is 505 g/mol. The van der Waals surface area contributed by atoms with Gasteiger partial charge in [-0.15, -0.1) is 0 Å². The predicted octanol–water partition coefficient (Wildman–Crippen LogP) is 7.00. The van der Waals surface area contributed by atoms with Gasteiger partial charge in [0.05, 0.1) is 22.4 Å². The molecule has 7 aromatic rings. The van der Waals surface area contributed by atoms with E-state index in [1.165, 1.54) is 26.7 Å². The zero-order valence-electron chi connectivity index (χ0n) is 20.6. The zero-order chi connectivity index (χ0) is 25.3. The number of para-hydroxylation sites is 1. The second-order valence-corrected chi connectivity index (χ2v) is 11.4. The average molecular weight is 506 g/mol. The molecule has 38 heavy (non-hydrogen) atoms. The van der Waals surface area contributed by atoms with Gasteiger partial charge in [-0.3, -0.25) is 9.55 Å². The Bertz CT molecular complexity index is 1820. The minimum absolute atomic E-state index is 0.688. The van der Waals surface area contributed by atoms with Crippen molar-refractivity contribution >= 4 is 45.6 Å². The van der Waals surface area contributed by atoms with Crippen LogP contribution in [0.3, 0.4) is 0 Å². The van der Waals surface area contributed by atoms with Gasteiger partial charge in [-0.25, -0.2) is 4.98 Å². The van der Waals surface area contributed by atoms with E-state index in [2.05, 4.69) is 125 Å². The minimum atomic E-state index is -0.688. The Morgan fingerprint density at radius 1 is 0.474 bits per heavy atom. The van der Waals surface area contributed by atoms with Crippen LogP contribution in [0.5, 0.6) is 0 Å². The quantitative estimate of drug-likeness (QED) is 0.236. The highest BCUT2D eigenvalue weighted by Crippen LogP contribution is 2.37. The first kappa shape index (κ1) is 22.6. The molecule has 0 aliphatic carbocycles. The Hall–Kier alpha value is -4.59. The number of nitrogens with zero attached hydrogens (tertiary/aromatic N) is 3. The van der Waals surface area contributed by atoms with E-state index in [1.54, 1.807) is 0 Å². The van der Waals surface area contributed by atoms with Crippen LogP contribution >= 0.6 is 7.92 Å². The van der Waals surface area contributed by atoms with Gasteiger partial charge in [0.2, 0.25) is 0 Å². The van der Waals surface area contributed by atoms with E-state index >= 15 is 0 Å². The van der Waals surface area contributed by atoms with Crippen molar-refractivity contribution in [2.24, 2.45) is 0 Å². The number of aromatic nitrogens is 3. The van der Waals surface area contributed by atoms with E-state index in [1.807, 2.05) is 30.5 Å². The third kappa shape index (κ3) is 3.98. The molecule has 3 nitrogen and oxygen atoms in total. The molecule has 0 N–H and O–H groups in total. The molecule has 4 heteroatoms. The van der Waals surface area contributed by atoms with Crippen LogP contribution in [-0.2, 0) is 0 Å². The number of pyridine rings is 2. The van der Waals surface area contributed by atoms with Gasteiger partial charge in [0.15, 0.2) is 0 Å². The molecule has 0 aliphatic rings. The minimum Gasteiger partial charge on any atom is -0.294 e. The lowest BCUT2D eigenvalue weighted by molar-refractivity contribution is 1.08. The first-order valence-corrected chi connectivity index (χ1v) is 14.0. The highest BCUT2D eigenvalue weighted by molar-refractivity contribution is 7.79.